The van der Waals surface area contributed by atoms with Crippen molar-refractivity contribution in [3.8, 4) is 5.75 Å². The summed E-state index contributed by atoms with van der Waals surface area (Å²) >= 11 is 0. The molecule has 3 aromatic rings. The molecule has 26 heavy (non-hydrogen) atoms. The number of guanidine groups is 1. The van der Waals surface area contributed by atoms with Crippen LogP contribution in [0.4, 0.5) is 24.5 Å². The Labute approximate surface area is 148 Å². The average molecular weight is 359 g/mol. The fraction of sp³-hybridized carbons (Fsp3) is 0.105. The van der Waals surface area contributed by atoms with Gasteiger partial charge in [0.25, 0.3) is 0 Å². The van der Waals surface area contributed by atoms with Crippen molar-refractivity contribution in [3.05, 3.63) is 66.7 Å². The Hall–Kier alpha value is -3.22. The van der Waals surface area contributed by atoms with E-state index in [2.05, 4.69) is 10.1 Å². The van der Waals surface area contributed by atoms with E-state index < -0.39 is 6.36 Å². The van der Waals surface area contributed by atoms with Gasteiger partial charge in [-0.05, 0) is 23.6 Å². The third kappa shape index (κ3) is 4.05. The van der Waals surface area contributed by atoms with Crippen LogP contribution in [0, 0.1) is 5.41 Å². The van der Waals surface area contributed by atoms with E-state index in [1.807, 2.05) is 42.5 Å². The minimum atomic E-state index is -4.76. The third-order valence-corrected chi connectivity index (χ3v) is 3.79. The van der Waals surface area contributed by atoms with E-state index in [4.69, 9.17) is 5.41 Å². The van der Waals surface area contributed by atoms with E-state index in [1.165, 1.54) is 18.2 Å². The van der Waals surface area contributed by atoms with Crippen LogP contribution >= 0.6 is 0 Å². The van der Waals surface area contributed by atoms with Gasteiger partial charge < -0.3 is 15.0 Å². The zero-order chi connectivity index (χ0) is 18.7. The topological polar surface area (TPSA) is 48.4 Å². The van der Waals surface area contributed by atoms with E-state index >= 15 is 0 Å². The van der Waals surface area contributed by atoms with Gasteiger partial charge in [-0.3, -0.25) is 5.41 Å². The Morgan fingerprint density at radius 1 is 1.00 bits per heavy atom. The van der Waals surface area contributed by atoms with Crippen LogP contribution in [0.15, 0.2) is 66.7 Å². The summed E-state index contributed by atoms with van der Waals surface area (Å²) in [4.78, 5) is 1.62. The second-order valence-corrected chi connectivity index (χ2v) is 5.61. The zero-order valence-electron chi connectivity index (χ0n) is 13.8. The minimum absolute atomic E-state index is 0.0190. The van der Waals surface area contributed by atoms with Gasteiger partial charge in [0.1, 0.15) is 5.75 Å². The predicted octanol–water partition coefficient (Wildman–Crippen LogP) is 5.22. The normalized spacial score (nSPS) is 11.2. The van der Waals surface area contributed by atoms with E-state index in [0.717, 1.165) is 16.5 Å². The highest BCUT2D eigenvalue weighted by atomic mass is 19.4. The lowest BCUT2D eigenvalue weighted by atomic mass is 10.1. The molecule has 0 unspecified atom stereocenters. The fourth-order valence-electron chi connectivity index (χ4n) is 2.61. The molecule has 0 aromatic heterocycles. The number of benzene rings is 3. The summed E-state index contributed by atoms with van der Waals surface area (Å²) in [6.45, 7) is 0. The molecular formula is C19H16F3N3O. The molecule has 0 heterocycles. The molecule has 4 nitrogen and oxygen atoms in total. The molecule has 3 aromatic carbocycles. The van der Waals surface area contributed by atoms with E-state index in [9.17, 15) is 13.2 Å². The van der Waals surface area contributed by atoms with Crippen molar-refractivity contribution < 1.29 is 17.9 Å². The van der Waals surface area contributed by atoms with Crippen LogP contribution in [0.25, 0.3) is 10.8 Å². The fourth-order valence-corrected chi connectivity index (χ4v) is 2.61. The van der Waals surface area contributed by atoms with Crippen LogP contribution < -0.4 is 15.0 Å². The lowest BCUT2D eigenvalue weighted by molar-refractivity contribution is -0.274. The molecular weight excluding hydrogens is 343 g/mol. The monoisotopic (exact) mass is 359 g/mol. The SMILES string of the molecule is CN(C(=N)Nc1cccc(OC(F)(F)F)c1)c1cccc2ccccc12. The van der Waals surface area contributed by atoms with Gasteiger partial charge in [0.05, 0.1) is 5.69 Å². The summed E-state index contributed by atoms with van der Waals surface area (Å²) in [5, 5.41) is 13.0. The number of nitrogens with one attached hydrogen (secondary N) is 2. The predicted molar refractivity (Wildman–Crippen MR) is 96.8 cm³/mol. The highest BCUT2D eigenvalue weighted by molar-refractivity contribution is 6.08. The molecule has 7 heteroatoms. The van der Waals surface area contributed by atoms with Crippen molar-refractivity contribution in [2.24, 2.45) is 0 Å². The highest BCUT2D eigenvalue weighted by Gasteiger charge is 2.31. The van der Waals surface area contributed by atoms with E-state index in [0.29, 0.717) is 5.69 Å². The Kier molecular flexibility index (Phi) is 4.71. The van der Waals surface area contributed by atoms with Gasteiger partial charge >= 0.3 is 6.36 Å². The van der Waals surface area contributed by atoms with Gasteiger partial charge in [0, 0.05) is 24.2 Å². The summed E-state index contributed by atoms with van der Waals surface area (Å²) < 4.78 is 40.9. The van der Waals surface area contributed by atoms with Gasteiger partial charge in [-0.25, -0.2) is 0 Å². The second kappa shape index (κ2) is 6.95. The number of ether oxygens (including phenoxy) is 1. The molecule has 2 N–H and O–H groups in total. The second-order valence-electron chi connectivity index (χ2n) is 5.61. The number of alkyl halides is 3. The van der Waals surface area contributed by atoms with Crippen molar-refractivity contribution >= 4 is 28.1 Å². The Balaban J connectivity index is 1.80. The Morgan fingerprint density at radius 3 is 2.46 bits per heavy atom. The van der Waals surface area contributed by atoms with E-state index in [1.54, 1.807) is 18.0 Å². The van der Waals surface area contributed by atoms with Crippen LogP contribution in [-0.2, 0) is 0 Å². The van der Waals surface area contributed by atoms with Crippen LogP contribution in [0.2, 0.25) is 0 Å². The number of anilines is 2. The van der Waals surface area contributed by atoms with Crippen molar-refractivity contribution in [1.29, 1.82) is 5.41 Å². The number of rotatable bonds is 3. The lowest BCUT2D eigenvalue weighted by Crippen LogP contribution is -2.32. The standard InChI is InChI=1S/C19H16F3N3O/c1-25(17-11-4-7-13-6-2-3-10-16(13)17)18(23)24-14-8-5-9-15(12-14)26-19(20,21)22/h2-12H,1H3,(H2,23,24). The summed E-state index contributed by atoms with van der Waals surface area (Å²) in [5.74, 6) is -0.325. The number of halogens is 3. The Bertz CT molecular complexity index is 935. The smallest absolute Gasteiger partial charge is 0.406 e. The summed E-state index contributed by atoms with van der Waals surface area (Å²) in [5.41, 5.74) is 1.13. The van der Waals surface area contributed by atoms with Gasteiger partial charge in [-0.15, -0.1) is 13.2 Å². The highest BCUT2D eigenvalue weighted by Crippen LogP contribution is 2.27. The summed E-state index contributed by atoms with van der Waals surface area (Å²) in [6, 6.07) is 18.9. The maximum absolute atomic E-state index is 12.3. The number of nitrogens with zero attached hydrogens (tertiary/aromatic N) is 1. The van der Waals surface area contributed by atoms with Crippen LogP contribution in [0.1, 0.15) is 0 Å². The summed E-state index contributed by atoms with van der Waals surface area (Å²) in [7, 11) is 1.72. The first-order valence-corrected chi connectivity index (χ1v) is 7.76. The number of hydrogen-bond donors (Lipinski definition) is 2. The first kappa shape index (κ1) is 17.6. The molecule has 0 aliphatic carbocycles. The van der Waals surface area contributed by atoms with Gasteiger partial charge in [-0.2, -0.15) is 0 Å². The first-order valence-electron chi connectivity index (χ1n) is 7.76. The molecule has 134 valence electrons. The molecule has 0 saturated carbocycles. The summed E-state index contributed by atoms with van der Waals surface area (Å²) in [6.07, 6.45) is -4.76. The van der Waals surface area contributed by atoms with Gasteiger partial charge in [0.2, 0.25) is 0 Å². The van der Waals surface area contributed by atoms with Crippen LogP contribution in [0.3, 0.4) is 0 Å². The number of hydrogen-bond acceptors (Lipinski definition) is 2. The quantitative estimate of drug-likeness (QED) is 0.498. The molecule has 0 aliphatic rings. The molecule has 0 fully saturated rings. The molecule has 0 bridgehead atoms. The Morgan fingerprint density at radius 2 is 1.69 bits per heavy atom. The minimum Gasteiger partial charge on any atom is -0.406 e. The van der Waals surface area contributed by atoms with Gasteiger partial charge in [-0.1, -0.05) is 42.5 Å². The molecule has 0 saturated heterocycles. The van der Waals surface area contributed by atoms with Crippen molar-refractivity contribution in [1.82, 2.24) is 0 Å². The van der Waals surface area contributed by atoms with Crippen LogP contribution in [0.5, 0.6) is 5.75 Å². The zero-order valence-corrected chi connectivity index (χ0v) is 13.8. The molecule has 0 radical (unpaired) electrons. The van der Waals surface area contributed by atoms with Crippen molar-refractivity contribution in [2.75, 3.05) is 17.3 Å². The lowest BCUT2D eigenvalue weighted by Gasteiger charge is -2.23. The maximum Gasteiger partial charge on any atom is 0.573 e. The number of fused-ring (bicyclic) bond motifs is 1. The maximum atomic E-state index is 12.3. The van der Waals surface area contributed by atoms with Crippen molar-refractivity contribution in [3.63, 3.8) is 0 Å². The van der Waals surface area contributed by atoms with Crippen molar-refractivity contribution in [2.45, 2.75) is 6.36 Å². The molecule has 0 spiro atoms. The third-order valence-electron chi connectivity index (χ3n) is 3.79. The average Bonchev–Trinajstić information content (AvgIpc) is 2.59. The van der Waals surface area contributed by atoms with E-state index in [-0.39, 0.29) is 11.7 Å². The molecule has 0 amide bonds. The molecule has 0 aliphatic heterocycles. The molecule has 0 atom stereocenters. The molecule has 3 rings (SSSR count). The van der Waals surface area contributed by atoms with Gasteiger partial charge in [0.15, 0.2) is 5.96 Å². The first-order chi connectivity index (χ1) is 12.3. The largest absolute Gasteiger partial charge is 0.573 e. The van der Waals surface area contributed by atoms with Crippen LogP contribution in [-0.4, -0.2) is 19.4 Å².